The van der Waals surface area contributed by atoms with Gasteiger partial charge in [-0.05, 0) is 29.8 Å². The van der Waals surface area contributed by atoms with Crippen molar-refractivity contribution in [1.82, 2.24) is 5.06 Å². The highest BCUT2D eigenvalue weighted by atomic mass is 16.7. The highest BCUT2D eigenvalue weighted by Crippen LogP contribution is 2.28. The summed E-state index contributed by atoms with van der Waals surface area (Å²) in [6.07, 6.45) is 0. The van der Waals surface area contributed by atoms with Gasteiger partial charge in [-0.3, -0.25) is 14.4 Å². The number of rotatable bonds is 5. The number of hydrogen-bond acceptors (Lipinski definition) is 5. The predicted octanol–water partition coefficient (Wildman–Crippen LogP) is 2.43. The molecule has 0 saturated heterocycles. The molecule has 0 aliphatic carbocycles. The Balaban J connectivity index is 1.75. The van der Waals surface area contributed by atoms with E-state index in [9.17, 15) is 9.59 Å². The van der Waals surface area contributed by atoms with Crippen LogP contribution in [0, 0.1) is 0 Å². The molecule has 0 atom stereocenters. The molecule has 6 heteroatoms. The quantitative estimate of drug-likeness (QED) is 0.793. The van der Waals surface area contributed by atoms with Crippen LogP contribution in [0.25, 0.3) is 0 Å². The number of nitrogens with zero attached hydrogens (tertiary/aromatic N) is 1. The van der Waals surface area contributed by atoms with Gasteiger partial charge in [-0.25, -0.2) is 0 Å². The van der Waals surface area contributed by atoms with E-state index in [1.807, 2.05) is 0 Å². The zero-order valence-corrected chi connectivity index (χ0v) is 12.7. The molecule has 2 aromatic rings. The monoisotopic (exact) mass is 313 g/mol. The highest BCUT2D eigenvalue weighted by molar-refractivity contribution is 6.20. The molecule has 0 spiro atoms. The third-order valence-electron chi connectivity index (χ3n) is 3.57. The summed E-state index contributed by atoms with van der Waals surface area (Å²) in [4.78, 5) is 29.8. The molecule has 118 valence electrons. The fourth-order valence-electron chi connectivity index (χ4n) is 2.39. The topological polar surface area (TPSA) is 65.1 Å². The van der Waals surface area contributed by atoms with Crippen molar-refractivity contribution in [2.75, 3.05) is 14.2 Å². The molecule has 0 unspecified atom stereocenters. The van der Waals surface area contributed by atoms with E-state index in [1.165, 1.54) is 7.11 Å². The number of amides is 2. The lowest BCUT2D eigenvalue weighted by Crippen LogP contribution is -2.29. The second-order valence-electron chi connectivity index (χ2n) is 4.91. The first-order chi connectivity index (χ1) is 11.2. The highest BCUT2D eigenvalue weighted by Gasteiger charge is 2.36. The standard InChI is InChI=1S/C17H15NO5/c1-21-14-8-7-11(9-15(14)22-2)10-23-18-16(19)12-5-3-4-6-13(12)17(18)20/h3-9H,10H2,1-2H3. The van der Waals surface area contributed by atoms with Crippen LogP contribution < -0.4 is 9.47 Å². The molecule has 23 heavy (non-hydrogen) atoms. The van der Waals surface area contributed by atoms with Crippen LogP contribution in [-0.2, 0) is 11.4 Å². The van der Waals surface area contributed by atoms with E-state index in [-0.39, 0.29) is 6.61 Å². The fraction of sp³-hybridized carbons (Fsp3) is 0.176. The summed E-state index contributed by atoms with van der Waals surface area (Å²) < 4.78 is 10.4. The van der Waals surface area contributed by atoms with Gasteiger partial charge >= 0.3 is 0 Å². The first-order valence-corrected chi connectivity index (χ1v) is 6.97. The third kappa shape index (κ3) is 2.64. The number of hydroxylamine groups is 2. The van der Waals surface area contributed by atoms with Crippen molar-refractivity contribution in [2.45, 2.75) is 6.61 Å². The number of imide groups is 1. The summed E-state index contributed by atoms with van der Waals surface area (Å²) >= 11 is 0. The molecule has 1 aliphatic heterocycles. The molecule has 0 aromatic heterocycles. The van der Waals surface area contributed by atoms with E-state index in [2.05, 4.69) is 0 Å². The summed E-state index contributed by atoms with van der Waals surface area (Å²) in [5.41, 5.74) is 1.45. The molecule has 2 aromatic carbocycles. The Morgan fingerprint density at radius 1 is 0.870 bits per heavy atom. The van der Waals surface area contributed by atoms with Gasteiger partial charge in [0.1, 0.15) is 6.61 Å². The van der Waals surface area contributed by atoms with Gasteiger partial charge in [0.25, 0.3) is 11.8 Å². The fourth-order valence-corrected chi connectivity index (χ4v) is 2.39. The Morgan fingerprint density at radius 3 is 2.04 bits per heavy atom. The number of ether oxygens (including phenoxy) is 2. The number of fused-ring (bicyclic) bond motifs is 1. The van der Waals surface area contributed by atoms with Gasteiger partial charge in [-0.15, -0.1) is 5.06 Å². The average molecular weight is 313 g/mol. The Bertz CT molecular complexity index is 736. The van der Waals surface area contributed by atoms with Crippen molar-refractivity contribution in [2.24, 2.45) is 0 Å². The third-order valence-corrected chi connectivity index (χ3v) is 3.57. The van der Waals surface area contributed by atoms with Crippen molar-refractivity contribution >= 4 is 11.8 Å². The molecule has 1 aliphatic rings. The summed E-state index contributed by atoms with van der Waals surface area (Å²) in [5.74, 6) is 0.241. The van der Waals surface area contributed by atoms with Gasteiger partial charge in [-0.2, -0.15) is 0 Å². The molecule has 3 rings (SSSR count). The van der Waals surface area contributed by atoms with Gasteiger partial charge in [0, 0.05) is 0 Å². The number of methoxy groups -OCH3 is 2. The van der Waals surface area contributed by atoms with Crippen molar-refractivity contribution in [3.63, 3.8) is 0 Å². The molecule has 0 saturated carbocycles. The summed E-state index contributed by atoms with van der Waals surface area (Å²) in [6.45, 7) is 0.0613. The number of carbonyl (C=O) groups excluding carboxylic acids is 2. The first-order valence-electron chi connectivity index (χ1n) is 6.97. The van der Waals surface area contributed by atoms with Crippen molar-refractivity contribution in [3.05, 3.63) is 59.2 Å². The minimum Gasteiger partial charge on any atom is -0.493 e. The van der Waals surface area contributed by atoms with E-state index in [4.69, 9.17) is 14.3 Å². The summed E-state index contributed by atoms with van der Waals surface area (Å²) in [7, 11) is 3.08. The minimum absolute atomic E-state index is 0.0613. The van der Waals surface area contributed by atoms with Crippen molar-refractivity contribution in [1.29, 1.82) is 0 Å². The first kappa shape index (κ1) is 15.1. The summed E-state index contributed by atoms with van der Waals surface area (Å²) in [6, 6.07) is 11.9. The van der Waals surface area contributed by atoms with Crippen LogP contribution in [0.4, 0.5) is 0 Å². The van der Waals surface area contributed by atoms with E-state index < -0.39 is 11.8 Å². The Hall–Kier alpha value is -2.86. The normalized spacial score (nSPS) is 13.2. The lowest BCUT2D eigenvalue weighted by atomic mass is 10.1. The maximum Gasteiger partial charge on any atom is 0.285 e. The molecule has 6 nitrogen and oxygen atoms in total. The van der Waals surface area contributed by atoms with E-state index in [1.54, 1.807) is 49.6 Å². The molecule has 0 N–H and O–H groups in total. The van der Waals surface area contributed by atoms with Crippen LogP contribution in [0.1, 0.15) is 26.3 Å². The van der Waals surface area contributed by atoms with E-state index >= 15 is 0 Å². The molecular formula is C17H15NO5. The second-order valence-corrected chi connectivity index (χ2v) is 4.91. The van der Waals surface area contributed by atoms with E-state index in [0.29, 0.717) is 22.6 Å². The lowest BCUT2D eigenvalue weighted by molar-refractivity contribution is -0.101. The van der Waals surface area contributed by atoms with Crippen LogP contribution in [0.5, 0.6) is 11.5 Å². The smallest absolute Gasteiger partial charge is 0.285 e. The van der Waals surface area contributed by atoms with Gasteiger partial charge in [0.05, 0.1) is 25.3 Å². The molecule has 1 heterocycles. The Morgan fingerprint density at radius 2 is 1.48 bits per heavy atom. The maximum absolute atomic E-state index is 12.2. The second kappa shape index (κ2) is 6.10. The predicted molar refractivity (Wildman–Crippen MR) is 81.3 cm³/mol. The average Bonchev–Trinajstić information content (AvgIpc) is 2.84. The number of benzene rings is 2. The zero-order chi connectivity index (χ0) is 16.4. The van der Waals surface area contributed by atoms with Crippen molar-refractivity contribution < 1.29 is 23.9 Å². The molecule has 0 bridgehead atoms. The molecule has 0 radical (unpaired) electrons. The van der Waals surface area contributed by atoms with Crippen molar-refractivity contribution in [3.8, 4) is 11.5 Å². The van der Waals surface area contributed by atoms with Gasteiger partial charge in [-0.1, -0.05) is 18.2 Å². The zero-order valence-electron chi connectivity index (χ0n) is 12.7. The van der Waals surface area contributed by atoms with Gasteiger partial charge in [0.15, 0.2) is 11.5 Å². The molecule has 2 amide bonds. The largest absolute Gasteiger partial charge is 0.493 e. The van der Waals surface area contributed by atoms with Crippen LogP contribution >= 0.6 is 0 Å². The van der Waals surface area contributed by atoms with Gasteiger partial charge < -0.3 is 9.47 Å². The van der Waals surface area contributed by atoms with E-state index in [0.717, 1.165) is 10.6 Å². The number of carbonyl (C=O) groups is 2. The Labute approximate surface area is 133 Å². The molecular weight excluding hydrogens is 298 g/mol. The summed E-state index contributed by atoms with van der Waals surface area (Å²) in [5, 5.41) is 0.793. The van der Waals surface area contributed by atoms with Crippen LogP contribution in [0.15, 0.2) is 42.5 Å². The van der Waals surface area contributed by atoms with Crippen LogP contribution in [0.2, 0.25) is 0 Å². The van der Waals surface area contributed by atoms with Crippen LogP contribution in [0.3, 0.4) is 0 Å². The van der Waals surface area contributed by atoms with Crippen LogP contribution in [-0.4, -0.2) is 31.1 Å². The lowest BCUT2D eigenvalue weighted by Gasteiger charge is -2.14. The maximum atomic E-state index is 12.2. The van der Waals surface area contributed by atoms with Gasteiger partial charge in [0.2, 0.25) is 0 Å². The molecule has 0 fully saturated rings. The number of hydrogen-bond donors (Lipinski definition) is 0. The minimum atomic E-state index is -0.453. The SMILES string of the molecule is COc1ccc(CON2C(=O)c3ccccc3C2=O)cc1OC. The Kier molecular flexibility index (Phi) is 3.99.